The predicted molar refractivity (Wildman–Crippen MR) is 152 cm³/mol. The molecule has 0 radical (unpaired) electrons. The molecule has 0 aromatic heterocycles. The molecule has 1 aliphatic heterocycles. The molecule has 2 saturated carbocycles. The lowest BCUT2D eigenvalue weighted by molar-refractivity contribution is 0.104. The average molecular weight is 541 g/mol. The summed E-state index contributed by atoms with van der Waals surface area (Å²) >= 11 is 6.29. The molecule has 0 bridgehead atoms. The van der Waals surface area contributed by atoms with Crippen molar-refractivity contribution in [3.63, 3.8) is 0 Å². The summed E-state index contributed by atoms with van der Waals surface area (Å²) in [6.45, 7) is 3.93. The number of nitrogen functional groups attached to an aromatic ring is 1. The van der Waals surface area contributed by atoms with Gasteiger partial charge in [0.05, 0.1) is 17.3 Å². The van der Waals surface area contributed by atoms with Crippen molar-refractivity contribution in [3.05, 3.63) is 63.9 Å². The Balaban J connectivity index is 1.22. The Kier molecular flexibility index (Phi) is 8.23. The molecule has 3 fully saturated rings. The van der Waals surface area contributed by atoms with E-state index in [4.69, 9.17) is 22.1 Å². The second-order valence-corrected chi connectivity index (χ2v) is 12.7. The number of anilines is 1. The Morgan fingerprint density at radius 3 is 2.79 bits per heavy atom. The number of nitrogens with two attached hydrogens (primary N) is 1. The van der Waals surface area contributed by atoms with E-state index in [-0.39, 0.29) is 22.7 Å². The van der Waals surface area contributed by atoms with Crippen molar-refractivity contribution in [2.24, 2.45) is 16.7 Å². The van der Waals surface area contributed by atoms with Crippen LogP contribution in [0.15, 0.2) is 36.4 Å². The smallest absolute Gasteiger partial charge is 0.409 e. The molecule has 6 heteroatoms. The number of halogens is 2. The quantitative estimate of drug-likeness (QED) is 0.258. The van der Waals surface area contributed by atoms with Crippen LogP contribution in [0.4, 0.5) is 14.9 Å². The summed E-state index contributed by atoms with van der Waals surface area (Å²) in [4.78, 5) is 14.8. The van der Waals surface area contributed by atoms with Crippen molar-refractivity contribution in [1.29, 1.82) is 0 Å². The van der Waals surface area contributed by atoms with E-state index in [2.05, 4.69) is 0 Å². The van der Waals surface area contributed by atoms with Gasteiger partial charge in [0, 0.05) is 13.1 Å². The van der Waals surface area contributed by atoms with Crippen molar-refractivity contribution in [2.45, 2.75) is 84.0 Å². The molecule has 2 N–H and O–H groups in total. The molecule has 5 rings (SSSR count). The average Bonchev–Trinajstić information content (AvgIpc) is 3.28. The van der Waals surface area contributed by atoms with E-state index < -0.39 is 0 Å². The molecule has 2 aromatic rings. The van der Waals surface area contributed by atoms with E-state index in [0.717, 1.165) is 61.1 Å². The van der Waals surface area contributed by atoms with Crippen molar-refractivity contribution >= 4 is 23.4 Å². The summed E-state index contributed by atoms with van der Waals surface area (Å²) in [5, 5.41) is 0.574. The number of amides is 1. The van der Waals surface area contributed by atoms with Crippen LogP contribution in [0.1, 0.15) is 80.9 Å². The van der Waals surface area contributed by atoms with Gasteiger partial charge in [-0.15, -0.1) is 0 Å². The summed E-state index contributed by atoms with van der Waals surface area (Å²) in [6.07, 6.45) is 13.1. The van der Waals surface area contributed by atoms with Gasteiger partial charge in [0.1, 0.15) is 5.82 Å². The molecule has 1 spiro atoms. The van der Waals surface area contributed by atoms with Gasteiger partial charge in [-0.05, 0) is 97.9 Å². The molecule has 1 saturated heterocycles. The van der Waals surface area contributed by atoms with Crippen LogP contribution in [-0.2, 0) is 17.6 Å². The second-order valence-electron chi connectivity index (χ2n) is 12.3. The van der Waals surface area contributed by atoms with Crippen LogP contribution in [0.2, 0.25) is 5.02 Å². The van der Waals surface area contributed by atoms with Crippen LogP contribution in [-0.4, -0.2) is 30.7 Å². The number of carbonyl (C=O) groups excluding carboxylic acids is 1. The third-order valence-corrected chi connectivity index (χ3v) is 10.0. The van der Waals surface area contributed by atoms with E-state index >= 15 is 0 Å². The lowest BCUT2D eigenvalue weighted by atomic mass is 9.81. The first-order valence-corrected chi connectivity index (χ1v) is 14.9. The first kappa shape index (κ1) is 27.3. The summed E-state index contributed by atoms with van der Waals surface area (Å²) in [7, 11) is 0. The highest BCUT2D eigenvalue weighted by atomic mass is 35.5. The molecule has 2 aromatic carbocycles. The minimum Gasteiger partial charge on any atom is -0.449 e. The number of benzene rings is 2. The number of rotatable bonds is 9. The van der Waals surface area contributed by atoms with E-state index in [1.807, 2.05) is 42.2 Å². The second kappa shape index (κ2) is 11.5. The SMILES string of the molecule is Cc1ccc(F)c(C[C@]2(CCc3ccc(N)c(Cl)c3)C[C@]23CCN(C(=O)OCCCC2CCCCC2)C3)c1. The van der Waals surface area contributed by atoms with Crippen LogP contribution in [0.25, 0.3) is 0 Å². The van der Waals surface area contributed by atoms with Gasteiger partial charge in [0.15, 0.2) is 0 Å². The van der Waals surface area contributed by atoms with Gasteiger partial charge in [-0.2, -0.15) is 0 Å². The number of aryl methyl sites for hydroxylation is 2. The summed E-state index contributed by atoms with van der Waals surface area (Å²) in [6, 6.07) is 11.2. The fraction of sp³-hybridized carbons (Fsp3) is 0.594. The molecule has 206 valence electrons. The first-order valence-electron chi connectivity index (χ1n) is 14.5. The third-order valence-electron chi connectivity index (χ3n) is 9.68. The van der Waals surface area contributed by atoms with E-state index in [0.29, 0.717) is 36.8 Å². The van der Waals surface area contributed by atoms with Gasteiger partial charge in [0.2, 0.25) is 0 Å². The molecule has 1 heterocycles. The molecule has 2 atom stereocenters. The number of likely N-dealkylation sites (tertiary alicyclic amines) is 1. The van der Waals surface area contributed by atoms with Crippen molar-refractivity contribution in [2.75, 3.05) is 25.4 Å². The highest BCUT2D eigenvalue weighted by Crippen LogP contribution is 2.71. The molecular weight excluding hydrogens is 499 g/mol. The lowest BCUT2D eigenvalue weighted by Gasteiger charge is -2.24. The molecular formula is C32H42ClFN2O2. The molecule has 1 amide bonds. The number of hydrogen-bond donors (Lipinski definition) is 1. The van der Waals surface area contributed by atoms with Gasteiger partial charge in [0.25, 0.3) is 0 Å². The van der Waals surface area contributed by atoms with E-state index in [9.17, 15) is 9.18 Å². The zero-order valence-electron chi connectivity index (χ0n) is 22.7. The van der Waals surface area contributed by atoms with Crippen molar-refractivity contribution < 1.29 is 13.9 Å². The summed E-state index contributed by atoms with van der Waals surface area (Å²) < 4.78 is 20.6. The van der Waals surface area contributed by atoms with Gasteiger partial charge < -0.3 is 15.4 Å². The van der Waals surface area contributed by atoms with Gasteiger partial charge in [-0.3, -0.25) is 0 Å². The number of hydrogen-bond acceptors (Lipinski definition) is 3. The Labute approximate surface area is 232 Å². The normalized spacial score (nSPS) is 25.2. The van der Waals surface area contributed by atoms with Gasteiger partial charge in [-0.1, -0.05) is 67.5 Å². The summed E-state index contributed by atoms with van der Waals surface area (Å²) in [5.74, 6) is 0.669. The lowest BCUT2D eigenvalue weighted by Crippen LogP contribution is -2.31. The molecule has 3 aliphatic rings. The molecule has 0 unspecified atom stereocenters. The maximum Gasteiger partial charge on any atom is 0.409 e. The fourth-order valence-corrected chi connectivity index (χ4v) is 7.52. The Morgan fingerprint density at radius 1 is 1.18 bits per heavy atom. The zero-order chi connectivity index (χ0) is 26.8. The topological polar surface area (TPSA) is 55.6 Å². The summed E-state index contributed by atoms with van der Waals surface area (Å²) in [5.41, 5.74) is 9.45. The largest absolute Gasteiger partial charge is 0.449 e. The standard InChI is InChI=1S/C32H42ClFN2O2/c1-23-9-11-28(34)26(18-23)20-31(14-13-25-10-12-29(35)27(33)19-25)21-32(31)15-16-36(22-32)30(37)38-17-5-8-24-6-3-2-4-7-24/h9-12,18-19,24H,2-8,13-17,20-22,35H2,1H3/t31-,32+/m1/s1. The van der Waals surface area contributed by atoms with E-state index in [1.165, 1.54) is 32.1 Å². The minimum atomic E-state index is -0.182. The Morgan fingerprint density at radius 2 is 2.00 bits per heavy atom. The molecule has 2 aliphatic carbocycles. The van der Waals surface area contributed by atoms with Crippen LogP contribution < -0.4 is 5.73 Å². The number of carbonyl (C=O) groups is 1. The number of ether oxygens (including phenoxy) is 1. The molecule has 38 heavy (non-hydrogen) atoms. The van der Waals surface area contributed by atoms with Crippen LogP contribution in [0, 0.1) is 29.5 Å². The van der Waals surface area contributed by atoms with Crippen LogP contribution in [0.5, 0.6) is 0 Å². The fourth-order valence-electron chi connectivity index (χ4n) is 7.31. The third kappa shape index (κ3) is 5.98. The van der Waals surface area contributed by atoms with Crippen LogP contribution >= 0.6 is 11.6 Å². The highest BCUT2D eigenvalue weighted by molar-refractivity contribution is 6.33. The Bertz CT molecular complexity index is 1150. The zero-order valence-corrected chi connectivity index (χ0v) is 23.5. The highest BCUT2D eigenvalue weighted by Gasteiger charge is 2.68. The molecule has 4 nitrogen and oxygen atoms in total. The van der Waals surface area contributed by atoms with Crippen molar-refractivity contribution in [1.82, 2.24) is 4.90 Å². The number of nitrogens with zero attached hydrogens (tertiary/aromatic N) is 1. The monoisotopic (exact) mass is 540 g/mol. The van der Waals surface area contributed by atoms with Crippen LogP contribution in [0.3, 0.4) is 0 Å². The van der Waals surface area contributed by atoms with Gasteiger partial charge >= 0.3 is 6.09 Å². The minimum absolute atomic E-state index is 0.0158. The van der Waals surface area contributed by atoms with Gasteiger partial charge in [-0.25, -0.2) is 9.18 Å². The maximum atomic E-state index is 14.9. The Hall–Kier alpha value is -2.27. The van der Waals surface area contributed by atoms with E-state index in [1.54, 1.807) is 6.07 Å². The maximum absolute atomic E-state index is 14.9. The predicted octanol–water partition coefficient (Wildman–Crippen LogP) is 8.12. The first-order chi connectivity index (χ1) is 18.3. The van der Waals surface area contributed by atoms with Crippen molar-refractivity contribution in [3.8, 4) is 0 Å².